The first kappa shape index (κ1) is 19.7. The quantitative estimate of drug-likeness (QED) is 0.720. The SMILES string of the molecule is O=C(/C=C/c1ccc(OC(F)(F)F)cc1)N1CCC[C@@H]1CN1CCCCC1. The van der Waals surface area contributed by atoms with Crippen molar-refractivity contribution in [3.05, 3.63) is 35.9 Å². The molecule has 2 heterocycles. The van der Waals surface area contributed by atoms with E-state index in [2.05, 4.69) is 9.64 Å². The number of ether oxygens (including phenoxy) is 1. The summed E-state index contributed by atoms with van der Waals surface area (Å²) in [6.45, 7) is 3.92. The molecule has 7 heteroatoms. The van der Waals surface area contributed by atoms with Gasteiger partial charge in [-0.25, -0.2) is 0 Å². The first-order valence-corrected chi connectivity index (χ1v) is 9.47. The average molecular weight is 382 g/mol. The summed E-state index contributed by atoms with van der Waals surface area (Å²) in [5.41, 5.74) is 0.657. The van der Waals surface area contributed by atoms with E-state index in [-0.39, 0.29) is 17.7 Å². The molecule has 0 spiro atoms. The van der Waals surface area contributed by atoms with Crippen LogP contribution in [0.15, 0.2) is 30.3 Å². The van der Waals surface area contributed by atoms with Crippen molar-refractivity contribution < 1.29 is 22.7 Å². The van der Waals surface area contributed by atoms with Crippen molar-refractivity contribution in [1.82, 2.24) is 9.80 Å². The summed E-state index contributed by atoms with van der Waals surface area (Å²) in [5.74, 6) is -0.308. The minimum Gasteiger partial charge on any atom is -0.406 e. The van der Waals surface area contributed by atoms with Crippen molar-refractivity contribution in [2.75, 3.05) is 26.2 Å². The van der Waals surface area contributed by atoms with Crippen molar-refractivity contribution >= 4 is 12.0 Å². The van der Waals surface area contributed by atoms with E-state index in [9.17, 15) is 18.0 Å². The maximum absolute atomic E-state index is 12.6. The van der Waals surface area contributed by atoms with Crippen molar-refractivity contribution in [3.8, 4) is 5.75 Å². The minimum atomic E-state index is -4.70. The maximum atomic E-state index is 12.6. The summed E-state index contributed by atoms with van der Waals surface area (Å²) >= 11 is 0. The number of alkyl halides is 3. The fourth-order valence-corrected chi connectivity index (χ4v) is 3.80. The lowest BCUT2D eigenvalue weighted by molar-refractivity contribution is -0.274. The minimum absolute atomic E-state index is 0.0369. The number of hydrogen-bond acceptors (Lipinski definition) is 3. The highest BCUT2D eigenvalue weighted by Gasteiger charge is 2.31. The van der Waals surface area contributed by atoms with Gasteiger partial charge in [0.05, 0.1) is 0 Å². The van der Waals surface area contributed by atoms with E-state index in [0.717, 1.165) is 39.0 Å². The first-order chi connectivity index (χ1) is 12.9. The van der Waals surface area contributed by atoms with Gasteiger partial charge in [-0.2, -0.15) is 0 Å². The van der Waals surface area contributed by atoms with Gasteiger partial charge in [0.25, 0.3) is 0 Å². The zero-order valence-electron chi connectivity index (χ0n) is 15.3. The number of halogens is 3. The van der Waals surface area contributed by atoms with Crippen LogP contribution in [0.3, 0.4) is 0 Å². The topological polar surface area (TPSA) is 32.8 Å². The van der Waals surface area contributed by atoms with E-state index < -0.39 is 6.36 Å². The average Bonchev–Trinajstić information content (AvgIpc) is 3.09. The van der Waals surface area contributed by atoms with Gasteiger partial charge in [0.1, 0.15) is 5.75 Å². The van der Waals surface area contributed by atoms with Gasteiger partial charge in [-0.1, -0.05) is 18.6 Å². The number of carbonyl (C=O) groups excluding carboxylic acids is 1. The molecule has 1 amide bonds. The van der Waals surface area contributed by atoms with E-state index in [4.69, 9.17) is 0 Å². The van der Waals surface area contributed by atoms with Crippen molar-refractivity contribution in [2.24, 2.45) is 0 Å². The molecule has 0 saturated carbocycles. The Morgan fingerprint density at radius 3 is 2.44 bits per heavy atom. The molecule has 0 radical (unpaired) electrons. The molecule has 148 valence electrons. The van der Waals surface area contributed by atoms with Gasteiger partial charge in [-0.05, 0) is 62.5 Å². The molecule has 1 aromatic rings. The molecule has 0 N–H and O–H groups in total. The second-order valence-corrected chi connectivity index (χ2v) is 7.14. The zero-order chi connectivity index (χ0) is 19.3. The van der Waals surface area contributed by atoms with Crippen LogP contribution in [-0.4, -0.2) is 54.3 Å². The molecule has 0 aliphatic carbocycles. The standard InChI is InChI=1S/C20H25F3N2O2/c21-20(22,23)27-18-9-6-16(7-10-18)8-11-19(26)25-14-4-5-17(25)15-24-12-2-1-3-13-24/h6-11,17H,1-5,12-15H2/b11-8+/t17-/m1/s1. The van der Waals surface area contributed by atoms with Crippen LogP contribution in [0.4, 0.5) is 13.2 Å². The largest absolute Gasteiger partial charge is 0.573 e. The van der Waals surface area contributed by atoms with E-state index in [1.54, 1.807) is 6.08 Å². The van der Waals surface area contributed by atoms with Crippen LogP contribution >= 0.6 is 0 Å². The van der Waals surface area contributed by atoms with Crippen molar-refractivity contribution in [1.29, 1.82) is 0 Å². The third-order valence-corrected chi connectivity index (χ3v) is 5.11. The Labute approximate surface area is 157 Å². The molecule has 2 fully saturated rings. The Morgan fingerprint density at radius 2 is 1.78 bits per heavy atom. The highest BCUT2D eigenvalue weighted by atomic mass is 19.4. The lowest BCUT2D eigenvalue weighted by Crippen LogP contribution is -2.44. The van der Waals surface area contributed by atoms with E-state index in [1.807, 2.05) is 4.90 Å². The lowest BCUT2D eigenvalue weighted by Gasteiger charge is -2.32. The van der Waals surface area contributed by atoms with Crippen LogP contribution < -0.4 is 4.74 Å². The highest BCUT2D eigenvalue weighted by molar-refractivity contribution is 5.92. The number of nitrogens with zero attached hydrogens (tertiary/aromatic N) is 2. The summed E-state index contributed by atoms with van der Waals surface area (Å²) < 4.78 is 40.4. The summed E-state index contributed by atoms with van der Waals surface area (Å²) in [7, 11) is 0. The van der Waals surface area contributed by atoms with Gasteiger partial charge in [-0.15, -0.1) is 13.2 Å². The number of hydrogen-bond donors (Lipinski definition) is 0. The second kappa shape index (κ2) is 8.78. The predicted octanol–water partition coefficient (Wildman–Crippen LogP) is 4.08. The number of benzene rings is 1. The number of likely N-dealkylation sites (tertiary alicyclic amines) is 2. The molecule has 3 rings (SSSR count). The Balaban J connectivity index is 1.55. The molecular formula is C20H25F3N2O2. The smallest absolute Gasteiger partial charge is 0.406 e. The Morgan fingerprint density at radius 1 is 1.07 bits per heavy atom. The van der Waals surface area contributed by atoms with E-state index in [0.29, 0.717) is 5.56 Å². The fraction of sp³-hybridized carbons (Fsp3) is 0.550. The van der Waals surface area contributed by atoms with Gasteiger partial charge < -0.3 is 14.5 Å². The van der Waals surface area contributed by atoms with Crippen LogP contribution in [-0.2, 0) is 4.79 Å². The van der Waals surface area contributed by atoms with Crippen LogP contribution in [0.5, 0.6) is 5.75 Å². The number of rotatable bonds is 5. The molecule has 2 aliphatic rings. The number of piperidine rings is 1. The third-order valence-electron chi connectivity index (χ3n) is 5.11. The molecule has 1 aromatic carbocycles. The second-order valence-electron chi connectivity index (χ2n) is 7.14. The summed E-state index contributed by atoms with van der Waals surface area (Å²) in [5, 5.41) is 0. The third kappa shape index (κ3) is 5.99. The number of amides is 1. The van der Waals surface area contributed by atoms with E-state index >= 15 is 0 Å². The van der Waals surface area contributed by atoms with Crippen LogP contribution in [0.25, 0.3) is 6.08 Å². The van der Waals surface area contributed by atoms with Gasteiger partial charge in [0, 0.05) is 25.2 Å². The monoisotopic (exact) mass is 382 g/mol. The Hall–Kier alpha value is -2.02. The molecule has 0 aromatic heterocycles. The normalized spacial score (nSPS) is 21.7. The number of carbonyl (C=O) groups is 1. The molecule has 1 atom stereocenters. The molecule has 4 nitrogen and oxygen atoms in total. The zero-order valence-corrected chi connectivity index (χ0v) is 15.3. The molecule has 2 aliphatic heterocycles. The molecule has 0 bridgehead atoms. The lowest BCUT2D eigenvalue weighted by atomic mass is 10.1. The molecule has 0 unspecified atom stereocenters. The van der Waals surface area contributed by atoms with Gasteiger partial charge in [0.2, 0.25) is 5.91 Å². The Bertz CT molecular complexity index is 652. The van der Waals surface area contributed by atoms with E-state index in [1.165, 1.54) is 49.6 Å². The predicted molar refractivity (Wildman–Crippen MR) is 97.2 cm³/mol. The van der Waals surface area contributed by atoms with Gasteiger partial charge in [-0.3, -0.25) is 4.79 Å². The summed E-state index contributed by atoms with van der Waals surface area (Å²) in [6.07, 6.45) is 4.24. The fourth-order valence-electron chi connectivity index (χ4n) is 3.80. The van der Waals surface area contributed by atoms with Gasteiger partial charge in [0.15, 0.2) is 0 Å². The summed E-state index contributed by atoms with van der Waals surface area (Å²) in [6, 6.07) is 5.74. The van der Waals surface area contributed by atoms with Crippen LogP contribution in [0.2, 0.25) is 0 Å². The molecule has 27 heavy (non-hydrogen) atoms. The van der Waals surface area contributed by atoms with Crippen LogP contribution in [0, 0.1) is 0 Å². The van der Waals surface area contributed by atoms with Crippen molar-refractivity contribution in [3.63, 3.8) is 0 Å². The highest BCUT2D eigenvalue weighted by Crippen LogP contribution is 2.24. The summed E-state index contributed by atoms with van der Waals surface area (Å²) in [4.78, 5) is 16.9. The first-order valence-electron chi connectivity index (χ1n) is 9.47. The Kier molecular flexibility index (Phi) is 6.42. The van der Waals surface area contributed by atoms with Crippen LogP contribution in [0.1, 0.15) is 37.7 Å². The maximum Gasteiger partial charge on any atom is 0.573 e. The van der Waals surface area contributed by atoms with Crippen molar-refractivity contribution in [2.45, 2.75) is 44.5 Å². The molecule has 2 saturated heterocycles. The van der Waals surface area contributed by atoms with Gasteiger partial charge >= 0.3 is 6.36 Å². The molecular weight excluding hydrogens is 357 g/mol.